The molecular weight excluding hydrogens is 380 g/mol. The van der Waals surface area contributed by atoms with E-state index < -0.39 is 0 Å². The minimum atomic E-state index is 0.300. The molecule has 8 nitrogen and oxygen atoms in total. The minimum absolute atomic E-state index is 0.300. The smallest absolute Gasteiger partial charge is 0.231 e. The van der Waals surface area contributed by atoms with Crippen molar-refractivity contribution in [1.29, 1.82) is 0 Å². The van der Waals surface area contributed by atoms with E-state index >= 15 is 0 Å². The van der Waals surface area contributed by atoms with Crippen molar-refractivity contribution in [1.82, 2.24) is 25.0 Å². The van der Waals surface area contributed by atoms with E-state index in [1.54, 1.807) is 0 Å². The summed E-state index contributed by atoms with van der Waals surface area (Å²) in [5.41, 5.74) is 1.17. The molecule has 3 heterocycles. The number of guanidine groups is 1. The molecular formula is C22H32N6O2. The van der Waals surface area contributed by atoms with Crippen molar-refractivity contribution < 1.29 is 9.47 Å². The van der Waals surface area contributed by atoms with Crippen molar-refractivity contribution in [2.45, 2.75) is 58.5 Å². The summed E-state index contributed by atoms with van der Waals surface area (Å²) in [7, 11) is 2.06. The van der Waals surface area contributed by atoms with Gasteiger partial charge in [0.1, 0.15) is 11.6 Å². The van der Waals surface area contributed by atoms with Crippen molar-refractivity contribution in [2.24, 2.45) is 4.99 Å². The van der Waals surface area contributed by atoms with Gasteiger partial charge in [-0.2, -0.15) is 0 Å². The number of aromatic nitrogens is 3. The third kappa shape index (κ3) is 4.86. The highest BCUT2D eigenvalue weighted by molar-refractivity contribution is 5.79. The molecule has 0 bridgehead atoms. The third-order valence-corrected chi connectivity index (χ3v) is 5.56. The van der Waals surface area contributed by atoms with Crippen LogP contribution in [0.1, 0.15) is 49.8 Å². The van der Waals surface area contributed by atoms with Gasteiger partial charge in [-0.15, -0.1) is 10.2 Å². The summed E-state index contributed by atoms with van der Waals surface area (Å²) in [4.78, 5) is 6.97. The number of ether oxygens (including phenoxy) is 2. The predicted octanol–water partition coefficient (Wildman–Crippen LogP) is 2.76. The van der Waals surface area contributed by atoms with Gasteiger partial charge < -0.3 is 24.3 Å². The fourth-order valence-corrected chi connectivity index (χ4v) is 4.01. The van der Waals surface area contributed by atoms with Crippen LogP contribution in [0.4, 0.5) is 0 Å². The van der Waals surface area contributed by atoms with Crippen LogP contribution >= 0.6 is 0 Å². The SMILES string of the molecule is CCNC(=NCCCc1nnc2n1CCCCC2)N(C)Cc1ccc2c(c1)OCO2. The molecule has 2 aromatic rings. The van der Waals surface area contributed by atoms with Crippen molar-refractivity contribution in [3.05, 3.63) is 35.4 Å². The maximum absolute atomic E-state index is 5.49. The van der Waals surface area contributed by atoms with Gasteiger partial charge in [0.25, 0.3) is 0 Å². The van der Waals surface area contributed by atoms with Gasteiger partial charge in [0, 0.05) is 46.1 Å². The molecule has 2 aliphatic heterocycles. The molecule has 0 unspecified atom stereocenters. The highest BCUT2D eigenvalue weighted by Gasteiger charge is 2.16. The quantitative estimate of drug-likeness (QED) is 0.428. The zero-order valence-electron chi connectivity index (χ0n) is 18.1. The van der Waals surface area contributed by atoms with Crippen LogP contribution in [0.3, 0.4) is 0 Å². The third-order valence-electron chi connectivity index (χ3n) is 5.56. The summed E-state index contributed by atoms with van der Waals surface area (Å²) in [5, 5.41) is 12.2. The Morgan fingerprint density at radius 2 is 2.10 bits per heavy atom. The zero-order chi connectivity index (χ0) is 20.8. The first-order valence-electron chi connectivity index (χ1n) is 11.0. The Morgan fingerprint density at radius 3 is 3.00 bits per heavy atom. The number of benzene rings is 1. The molecule has 1 N–H and O–H groups in total. The molecule has 0 radical (unpaired) electrons. The topological polar surface area (TPSA) is 76.8 Å². The van der Waals surface area contributed by atoms with Gasteiger partial charge in [0.2, 0.25) is 6.79 Å². The monoisotopic (exact) mass is 412 g/mol. The van der Waals surface area contributed by atoms with Crippen molar-refractivity contribution in [3.63, 3.8) is 0 Å². The number of hydrogen-bond acceptors (Lipinski definition) is 5. The highest BCUT2D eigenvalue weighted by atomic mass is 16.7. The first-order chi connectivity index (χ1) is 14.7. The molecule has 0 atom stereocenters. The Bertz CT molecular complexity index is 879. The van der Waals surface area contributed by atoms with Gasteiger partial charge in [0.15, 0.2) is 17.5 Å². The maximum Gasteiger partial charge on any atom is 0.231 e. The van der Waals surface area contributed by atoms with Crippen LogP contribution in [-0.2, 0) is 25.9 Å². The van der Waals surface area contributed by atoms with Gasteiger partial charge in [-0.1, -0.05) is 12.5 Å². The molecule has 0 spiro atoms. The second kappa shape index (κ2) is 9.82. The number of aryl methyl sites for hydroxylation is 2. The lowest BCUT2D eigenvalue weighted by atomic mass is 10.2. The predicted molar refractivity (Wildman–Crippen MR) is 116 cm³/mol. The van der Waals surface area contributed by atoms with E-state index in [0.29, 0.717) is 6.79 Å². The lowest BCUT2D eigenvalue weighted by Crippen LogP contribution is -2.38. The number of aliphatic imine (C=N–C) groups is 1. The van der Waals surface area contributed by atoms with E-state index in [4.69, 9.17) is 14.5 Å². The molecule has 0 amide bonds. The van der Waals surface area contributed by atoms with Crippen LogP contribution < -0.4 is 14.8 Å². The molecule has 162 valence electrons. The number of rotatable bonds is 7. The van der Waals surface area contributed by atoms with E-state index in [9.17, 15) is 0 Å². The molecule has 0 saturated carbocycles. The summed E-state index contributed by atoms with van der Waals surface area (Å²) in [5.74, 6) is 4.81. The standard InChI is InChI=1S/C22H32N6O2/c1-3-23-22(27(2)15-17-10-11-18-19(14-17)30-16-29-18)24-12-7-9-21-26-25-20-8-5-4-6-13-28(20)21/h10-11,14H,3-9,12-13,15-16H2,1-2H3,(H,23,24). The second-order valence-corrected chi connectivity index (χ2v) is 7.88. The van der Waals surface area contributed by atoms with Crippen LogP contribution in [0.25, 0.3) is 0 Å². The summed E-state index contributed by atoms with van der Waals surface area (Å²) >= 11 is 0. The van der Waals surface area contributed by atoms with Gasteiger partial charge in [-0.05, 0) is 43.9 Å². The van der Waals surface area contributed by atoms with E-state index in [1.807, 2.05) is 12.1 Å². The van der Waals surface area contributed by atoms with E-state index in [-0.39, 0.29) is 0 Å². The van der Waals surface area contributed by atoms with Crippen molar-refractivity contribution in [2.75, 3.05) is 26.9 Å². The van der Waals surface area contributed by atoms with Gasteiger partial charge in [-0.3, -0.25) is 4.99 Å². The first kappa shape index (κ1) is 20.5. The average molecular weight is 413 g/mol. The summed E-state index contributed by atoms with van der Waals surface area (Å²) in [6, 6.07) is 6.08. The lowest BCUT2D eigenvalue weighted by Gasteiger charge is -2.22. The highest BCUT2D eigenvalue weighted by Crippen LogP contribution is 2.32. The fourth-order valence-electron chi connectivity index (χ4n) is 4.01. The molecule has 4 rings (SSSR count). The minimum Gasteiger partial charge on any atom is -0.454 e. The van der Waals surface area contributed by atoms with E-state index in [0.717, 1.165) is 74.5 Å². The maximum atomic E-state index is 5.49. The van der Waals surface area contributed by atoms with Crippen LogP contribution in [0, 0.1) is 0 Å². The van der Waals surface area contributed by atoms with Crippen LogP contribution in [0.5, 0.6) is 11.5 Å². The Morgan fingerprint density at radius 1 is 1.20 bits per heavy atom. The normalized spacial score (nSPS) is 15.6. The lowest BCUT2D eigenvalue weighted by molar-refractivity contribution is 0.174. The molecule has 30 heavy (non-hydrogen) atoms. The van der Waals surface area contributed by atoms with E-state index in [2.05, 4.69) is 45.0 Å². The average Bonchev–Trinajstić information content (AvgIpc) is 3.30. The molecule has 0 aliphatic carbocycles. The Balaban J connectivity index is 1.32. The van der Waals surface area contributed by atoms with Gasteiger partial charge >= 0.3 is 0 Å². The number of nitrogens with one attached hydrogen (secondary N) is 1. The zero-order valence-corrected chi connectivity index (χ0v) is 18.1. The molecule has 1 aromatic carbocycles. The number of nitrogens with zero attached hydrogens (tertiary/aromatic N) is 5. The molecule has 0 fully saturated rings. The molecule has 2 aliphatic rings. The Hall–Kier alpha value is -2.77. The summed E-state index contributed by atoms with van der Waals surface area (Å²) in [6.45, 7) is 5.80. The fraction of sp³-hybridized carbons (Fsp3) is 0.591. The van der Waals surface area contributed by atoms with Gasteiger partial charge in [-0.25, -0.2) is 0 Å². The second-order valence-electron chi connectivity index (χ2n) is 7.88. The Kier molecular flexibility index (Phi) is 6.71. The first-order valence-corrected chi connectivity index (χ1v) is 11.0. The van der Waals surface area contributed by atoms with Gasteiger partial charge in [0.05, 0.1) is 0 Å². The van der Waals surface area contributed by atoms with Crippen LogP contribution in [0.2, 0.25) is 0 Å². The molecule has 1 aromatic heterocycles. The number of fused-ring (bicyclic) bond motifs is 2. The largest absolute Gasteiger partial charge is 0.454 e. The van der Waals surface area contributed by atoms with E-state index in [1.165, 1.54) is 24.8 Å². The summed E-state index contributed by atoms with van der Waals surface area (Å²) in [6.07, 6.45) is 6.68. The molecule has 8 heteroatoms. The van der Waals surface area contributed by atoms with Crippen molar-refractivity contribution in [3.8, 4) is 11.5 Å². The molecule has 0 saturated heterocycles. The summed E-state index contributed by atoms with van der Waals surface area (Å²) < 4.78 is 13.2. The van der Waals surface area contributed by atoms with Crippen LogP contribution in [0.15, 0.2) is 23.2 Å². The number of hydrogen-bond donors (Lipinski definition) is 1. The van der Waals surface area contributed by atoms with Crippen LogP contribution in [-0.4, -0.2) is 52.6 Å². The van der Waals surface area contributed by atoms with Crippen molar-refractivity contribution >= 4 is 5.96 Å². The Labute approximate surface area is 178 Å².